The fraction of sp³-hybridized carbons (Fsp3) is 0.364. The molecule has 1 unspecified atom stereocenters. The third-order valence-electron chi connectivity index (χ3n) is 2.29. The van der Waals surface area contributed by atoms with E-state index in [-0.39, 0.29) is 5.38 Å². The molecule has 84 valence electrons. The van der Waals surface area contributed by atoms with Gasteiger partial charge in [0.25, 0.3) is 0 Å². The first kappa shape index (κ1) is 11.1. The summed E-state index contributed by atoms with van der Waals surface area (Å²) < 4.78 is 1.75. The fourth-order valence-corrected chi connectivity index (χ4v) is 1.50. The molecular formula is C11H13ClN4. The molecule has 5 heteroatoms. The highest BCUT2D eigenvalue weighted by Crippen LogP contribution is 2.20. The summed E-state index contributed by atoms with van der Waals surface area (Å²) >= 11 is 6.08. The Morgan fingerprint density at radius 3 is 3.00 bits per heavy atom. The Morgan fingerprint density at radius 1 is 1.44 bits per heavy atom. The molecule has 2 rings (SSSR count). The first-order valence-corrected chi connectivity index (χ1v) is 5.67. The van der Waals surface area contributed by atoms with E-state index in [2.05, 4.69) is 15.3 Å². The van der Waals surface area contributed by atoms with E-state index in [1.165, 1.54) is 0 Å². The van der Waals surface area contributed by atoms with Gasteiger partial charge in [-0.05, 0) is 18.6 Å². The lowest BCUT2D eigenvalue weighted by atomic mass is 10.3. The molecule has 4 nitrogen and oxygen atoms in total. The lowest BCUT2D eigenvalue weighted by molar-refractivity contribution is 0.638. The Hall–Kier alpha value is -1.42. The number of nitrogens with zero attached hydrogens (tertiary/aromatic N) is 4. The minimum absolute atomic E-state index is 0.0579. The number of hydrogen-bond donors (Lipinski definition) is 0. The molecule has 2 heterocycles. The molecule has 0 amide bonds. The number of pyridine rings is 1. The van der Waals surface area contributed by atoms with Gasteiger partial charge in [-0.15, -0.1) is 16.7 Å². The van der Waals surface area contributed by atoms with Crippen molar-refractivity contribution >= 4 is 11.6 Å². The van der Waals surface area contributed by atoms with Gasteiger partial charge in [0.15, 0.2) is 0 Å². The van der Waals surface area contributed by atoms with Crippen LogP contribution in [0.15, 0.2) is 30.6 Å². The van der Waals surface area contributed by atoms with E-state index in [1.807, 2.05) is 31.3 Å². The summed E-state index contributed by atoms with van der Waals surface area (Å²) in [7, 11) is 0. The first-order chi connectivity index (χ1) is 7.79. The van der Waals surface area contributed by atoms with Crippen molar-refractivity contribution in [3.63, 3.8) is 0 Å². The van der Waals surface area contributed by atoms with Crippen molar-refractivity contribution in [2.24, 2.45) is 0 Å². The van der Waals surface area contributed by atoms with Gasteiger partial charge in [-0.25, -0.2) is 4.68 Å². The normalized spacial score (nSPS) is 12.6. The number of halogens is 1. The van der Waals surface area contributed by atoms with Gasteiger partial charge in [-0.3, -0.25) is 4.98 Å². The van der Waals surface area contributed by atoms with Crippen LogP contribution >= 0.6 is 11.6 Å². The smallest absolute Gasteiger partial charge is 0.101 e. The van der Waals surface area contributed by atoms with E-state index >= 15 is 0 Å². The predicted molar refractivity (Wildman–Crippen MR) is 62.2 cm³/mol. The summed E-state index contributed by atoms with van der Waals surface area (Å²) in [5.74, 6) is 0. The van der Waals surface area contributed by atoms with Crippen LogP contribution in [0.25, 0.3) is 0 Å². The highest BCUT2D eigenvalue weighted by atomic mass is 35.5. The van der Waals surface area contributed by atoms with Gasteiger partial charge >= 0.3 is 0 Å². The van der Waals surface area contributed by atoms with E-state index in [1.54, 1.807) is 10.9 Å². The molecule has 0 saturated carbocycles. The maximum Gasteiger partial charge on any atom is 0.101 e. The maximum absolute atomic E-state index is 6.08. The van der Waals surface area contributed by atoms with Crippen LogP contribution in [-0.4, -0.2) is 20.0 Å². The zero-order valence-electron chi connectivity index (χ0n) is 9.05. The number of aromatic nitrogens is 4. The minimum Gasteiger partial charge on any atom is -0.259 e. The lowest BCUT2D eigenvalue weighted by Gasteiger charge is -2.00. The van der Waals surface area contributed by atoms with Gasteiger partial charge in [0, 0.05) is 6.20 Å². The van der Waals surface area contributed by atoms with Gasteiger partial charge in [0.2, 0.25) is 0 Å². The molecular weight excluding hydrogens is 224 g/mol. The third kappa shape index (κ3) is 2.58. The largest absolute Gasteiger partial charge is 0.259 e. The fourth-order valence-electron chi connectivity index (χ4n) is 1.40. The van der Waals surface area contributed by atoms with Gasteiger partial charge in [0.05, 0.1) is 23.8 Å². The van der Waals surface area contributed by atoms with Crippen LogP contribution in [0.2, 0.25) is 0 Å². The van der Waals surface area contributed by atoms with Crippen LogP contribution in [0, 0.1) is 0 Å². The Balaban J connectivity index is 2.09. The molecule has 0 radical (unpaired) electrons. The second-order valence-corrected chi connectivity index (χ2v) is 4.06. The molecule has 0 saturated heterocycles. The Morgan fingerprint density at radius 2 is 2.31 bits per heavy atom. The molecule has 0 aliphatic rings. The Kier molecular flexibility index (Phi) is 3.51. The number of hydrogen-bond acceptors (Lipinski definition) is 3. The van der Waals surface area contributed by atoms with Gasteiger partial charge in [0.1, 0.15) is 5.69 Å². The highest BCUT2D eigenvalue weighted by Gasteiger charge is 2.09. The van der Waals surface area contributed by atoms with Gasteiger partial charge in [-0.1, -0.05) is 18.2 Å². The summed E-state index contributed by atoms with van der Waals surface area (Å²) in [6.07, 6.45) is 4.49. The molecule has 0 bridgehead atoms. The second kappa shape index (κ2) is 5.07. The van der Waals surface area contributed by atoms with E-state index < -0.39 is 0 Å². The van der Waals surface area contributed by atoms with Crippen LogP contribution < -0.4 is 0 Å². The van der Waals surface area contributed by atoms with Gasteiger partial charge in [-0.2, -0.15) is 0 Å². The topological polar surface area (TPSA) is 43.6 Å². The molecule has 0 fully saturated rings. The van der Waals surface area contributed by atoms with Crippen LogP contribution in [0.3, 0.4) is 0 Å². The van der Waals surface area contributed by atoms with E-state index in [0.717, 1.165) is 17.8 Å². The molecule has 2 aromatic heterocycles. The van der Waals surface area contributed by atoms with Crippen molar-refractivity contribution in [3.05, 3.63) is 42.0 Å². The number of rotatable bonds is 4. The molecule has 2 aromatic rings. The SMILES string of the molecule is CCC(Cl)c1cn(Cc2ccccn2)nn1. The van der Waals surface area contributed by atoms with E-state index in [4.69, 9.17) is 11.6 Å². The summed E-state index contributed by atoms with van der Waals surface area (Å²) in [4.78, 5) is 4.23. The third-order valence-corrected chi connectivity index (χ3v) is 2.82. The van der Waals surface area contributed by atoms with E-state index in [0.29, 0.717) is 6.54 Å². The second-order valence-electron chi connectivity index (χ2n) is 3.54. The molecule has 0 N–H and O–H groups in total. The molecule has 1 atom stereocenters. The monoisotopic (exact) mass is 236 g/mol. The average molecular weight is 237 g/mol. The predicted octanol–water partition coefficient (Wildman–Crippen LogP) is 2.41. The zero-order valence-corrected chi connectivity index (χ0v) is 9.80. The van der Waals surface area contributed by atoms with Crippen molar-refractivity contribution in [1.82, 2.24) is 20.0 Å². The van der Waals surface area contributed by atoms with Crippen LogP contribution in [0.4, 0.5) is 0 Å². The maximum atomic E-state index is 6.08. The summed E-state index contributed by atoms with van der Waals surface area (Å²) in [5, 5.41) is 8.00. The quantitative estimate of drug-likeness (QED) is 0.766. The molecule has 0 aliphatic carbocycles. The standard InChI is InChI=1S/C11H13ClN4/c1-2-10(12)11-8-16(15-14-11)7-9-5-3-4-6-13-9/h3-6,8,10H,2,7H2,1H3. The van der Waals surface area contributed by atoms with Crippen LogP contribution in [0.1, 0.15) is 30.1 Å². The highest BCUT2D eigenvalue weighted by molar-refractivity contribution is 6.20. The van der Waals surface area contributed by atoms with Crippen molar-refractivity contribution in [3.8, 4) is 0 Å². The Bertz CT molecular complexity index is 440. The number of alkyl halides is 1. The Labute approximate surface area is 99.3 Å². The lowest BCUT2D eigenvalue weighted by Crippen LogP contribution is -2.01. The summed E-state index contributed by atoms with van der Waals surface area (Å²) in [5.41, 5.74) is 1.78. The van der Waals surface area contributed by atoms with Crippen molar-refractivity contribution in [2.45, 2.75) is 25.3 Å². The van der Waals surface area contributed by atoms with E-state index in [9.17, 15) is 0 Å². The average Bonchev–Trinajstić information content (AvgIpc) is 2.78. The molecule has 0 aliphatic heterocycles. The van der Waals surface area contributed by atoms with Crippen molar-refractivity contribution in [1.29, 1.82) is 0 Å². The van der Waals surface area contributed by atoms with Crippen LogP contribution in [0.5, 0.6) is 0 Å². The van der Waals surface area contributed by atoms with Crippen molar-refractivity contribution in [2.75, 3.05) is 0 Å². The molecule has 0 aromatic carbocycles. The molecule has 0 spiro atoms. The van der Waals surface area contributed by atoms with Gasteiger partial charge < -0.3 is 0 Å². The van der Waals surface area contributed by atoms with Crippen molar-refractivity contribution < 1.29 is 0 Å². The molecule has 16 heavy (non-hydrogen) atoms. The first-order valence-electron chi connectivity index (χ1n) is 5.23. The summed E-state index contributed by atoms with van der Waals surface area (Å²) in [6, 6.07) is 5.80. The minimum atomic E-state index is -0.0579. The zero-order chi connectivity index (χ0) is 11.4. The van der Waals surface area contributed by atoms with Crippen LogP contribution in [-0.2, 0) is 6.54 Å². The summed E-state index contributed by atoms with van der Waals surface area (Å²) in [6.45, 7) is 2.65.